The molecular weight excluding hydrogens is 544 g/mol. The maximum absolute atomic E-state index is 13.2. The smallest absolute Gasteiger partial charge is 0.343 e. The van der Waals surface area contributed by atoms with Crippen LogP contribution >= 0.6 is 0 Å². The van der Waals surface area contributed by atoms with E-state index in [0.717, 1.165) is 43.2 Å². The number of carbonyl (C=O) groups is 1. The van der Waals surface area contributed by atoms with Gasteiger partial charge in [0.1, 0.15) is 17.0 Å². The molecule has 226 valence electrons. The molecule has 1 fully saturated rings. The fourth-order valence-corrected chi connectivity index (χ4v) is 5.46. The fraction of sp³-hybridized carbons (Fsp3) is 0.438. The highest BCUT2D eigenvalue weighted by atomic mass is 16.5. The normalized spacial score (nSPS) is 16.0. The van der Waals surface area contributed by atoms with E-state index in [1.807, 2.05) is 43.0 Å². The van der Waals surface area contributed by atoms with Crippen molar-refractivity contribution < 1.29 is 14.3 Å². The van der Waals surface area contributed by atoms with E-state index in [2.05, 4.69) is 52.8 Å². The van der Waals surface area contributed by atoms with E-state index in [1.54, 1.807) is 14.0 Å². The Kier molecular flexibility index (Phi) is 8.33. The predicted molar refractivity (Wildman–Crippen MR) is 170 cm³/mol. The number of rotatable bonds is 7. The average molecular weight is 585 g/mol. The van der Waals surface area contributed by atoms with Gasteiger partial charge in [0, 0.05) is 50.4 Å². The molecule has 11 heteroatoms. The van der Waals surface area contributed by atoms with Crippen molar-refractivity contribution in [1.29, 1.82) is 0 Å². The van der Waals surface area contributed by atoms with Crippen LogP contribution in [0, 0.1) is 11.8 Å². The van der Waals surface area contributed by atoms with Gasteiger partial charge in [-0.15, -0.1) is 0 Å². The zero-order valence-corrected chi connectivity index (χ0v) is 26.0. The predicted octanol–water partition coefficient (Wildman–Crippen LogP) is 4.32. The first kappa shape index (κ1) is 29.9. The molecule has 2 aliphatic heterocycles. The molecule has 1 aromatic carbocycles. The highest BCUT2D eigenvalue weighted by Crippen LogP contribution is 2.44. The summed E-state index contributed by atoms with van der Waals surface area (Å²) in [5, 5.41) is 3.28. The van der Waals surface area contributed by atoms with Crippen molar-refractivity contribution in [2.75, 3.05) is 67.7 Å². The summed E-state index contributed by atoms with van der Waals surface area (Å²) in [5.74, 6) is 6.78. The maximum Gasteiger partial charge on any atom is 0.343 e. The zero-order valence-electron chi connectivity index (χ0n) is 26.0. The quantitative estimate of drug-likeness (QED) is 0.235. The van der Waals surface area contributed by atoms with Gasteiger partial charge in [-0.2, -0.15) is 4.98 Å². The van der Waals surface area contributed by atoms with Crippen molar-refractivity contribution in [2.45, 2.75) is 46.1 Å². The monoisotopic (exact) mass is 584 g/mol. The molecule has 2 aromatic heterocycles. The van der Waals surface area contributed by atoms with Gasteiger partial charge >= 0.3 is 5.97 Å². The third-order valence-corrected chi connectivity index (χ3v) is 7.64. The third kappa shape index (κ3) is 6.15. The van der Waals surface area contributed by atoms with Gasteiger partial charge in [-0.05, 0) is 51.9 Å². The van der Waals surface area contributed by atoms with Crippen molar-refractivity contribution in [3.8, 4) is 17.6 Å². The third-order valence-electron chi connectivity index (χ3n) is 7.64. The van der Waals surface area contributed by atoms with Crippen LogP contribution in [0.4, 0.5) is 34.5 Å². The van der Waals surface area contributed by atoms with Gasteiger partial charge in [0.05, 0.1) is 41.7 Å². The van der Waals surface area contributed by atoms with Crippen molar-refractivity contribution >= 4 is 40.5 Å². The van der Waals surface area contributed by atoms with Crippen LogP contribution in [0.15, 0.2) is 30.5 Å². The molecule has 0 radical (unpaired) electrons. The Morgan fingerprint density at radius 3 is 2.53 bits per heavy atom. The van der Waals surface area contributed by atoms with E-state index in [-0.39, 0.29) is 23.0 Å². The molecule has 5 rings (SSSR count). The Labute approximate surface area is 253 Å². The number of nitrogens with zero attached hydrogens (tertiary/aromatic N) is 6. The summed E-state index contributed by atoms with van der Waals surface area (Å²) in [6.45, 7) is 13.9. The number of nitrogens with one attached hydrogen (secondary N) is 1. The largest absolute Gasteiger partial charge is 0.494 e. The Hall–Kier alpha value is -4.56. The van der Waals surface area contributed by atoms with Crippen molar-refractivity contribution in [3.63, 3.8) is 0 Å². The minimum absolute atomic E-state index is 0.261. The summed E-state index contributed by atoms with van der Waals surface area (Å²) in [6, 6.07) is 7.64. The van der Waals surface area contributed by atoms with Crippen LogP contribution < -0.4 is 25.6 Å². The SMILES string of the molecule is CC#Cc1ccc2c(n1)C(C)(C)CN2c1nc(Nc2cc(N)c(N3CCN(C)CC3)cc2OC)ncc1C(=O)OC(C)C. The number of anilines is 6. The molecule has 0 atom stereocenters. The Balaban J connectivity index is 1.54. The number of nitrogen functional groups attached to an aromatic ring is 1. The fourth-order valence-electron chi connectivity index (χ4n) is 5.46. The molecule has 0 aliphatic carbocycles. The number of nitrogens with two attached hydrogens (primary N) is 1. The molecule has 11 nitrogen and oxygen atoms in total. The summed E-state index contributed by atoms with van der Waals surface area (Å²) in [6.07, 6.45) is 1.20. The standard InChI is InChI=1S/C32H40N8O3/c1-8-9-21-10-11-25-28(35-21)32(4,5)19-40(25)29-22(30(41)43-20(2)3)18-34-31(37-29)36-24-16-23(33)26(17-27(24)42-7)39-14-12-38(6)13-15-39/h10-11,16-18,20H,12-15,19,33H2,1-7H3,(H,34,36,37). The first-order valence-electron chi connectivity index (χ1n) is 14.5. The number of pyridine rings is 1. The number of methoxy groups -OCH3 is 1. The summed E-state index contributed by atoms with van der Waals surface area (Å²) < 4.78 is 11.3. The number of piperazine rings is 1. The summed E-state index contributed by atoms with van der Waals surface area (Å²) in [7, 11) is 3.74. The van der Waals surface area contributed by atoms with Crippen LogP contribution in [-0.2, 0) is 10.2 Å². The Morgan fingerprint density at radius 1 is 1.12 bits per heavy atom. The van der Waals surface area contributed by atoms with Crippen molar-refractivity contribution in [2.24, 2.45) is 0 Å². The number of hydrogen-bond donors (Lipinski definition) is 2. The van der Waals surface area contributed by atoms with Gasteiger partial charge in [-0.1, -0.05) is 19.8 Å². The van der Waals surface area contributed by atoms with E-state index in [9.17, 15) is 4.79 Å². The first-order chi connectivity index (χ1) is 20.5. The topological polar surface area (TPSA) is 122 Å². The Morgan fingerprint density at radius 2 is 1.86 bits per heavy atom. The van der Waals surface area contributed by atoms with Crippen LogP contribution in [0.3, 0.4) is 0 Å². The van der Waals surface area contributed by atoms with E-state index >= 15 is 0 Å². The maximum atomic E-state index is 13.2. The highest BCUT2D eigenvalue weighted by Gasteiger charge is 2.40. The number of likely N-dealkylation sites (N-methyl/N-ethyl adjacent to an activating group) is 1. The molecular formula is C32H40N8O3. The molecule has 1 saturated heterocycles. The van der Waals surface area contributed by atoms with Gasteiger partial charge in [-0.3, -0.25) is 0 Å². The van der Waals surface area contributed by atoms with E-state index in [0.29, 0.717) is 35.2 Å². The van der Waals surface area contributed by atoms with Crippen LogP contribution in [0.5, 0.6) is 5.75 Å². The second kappa shape index (κ2) is 12.0. The van der Waals surface area contributed by atoms with E-state index in [1.165, 1.54) is 6.20 Å². The van der Waals surface area contributed by atoms with Gasteiger partial charge in [0.2, 0.25) is 5.95 Å². The number of benzene rings is 1. The summed E-state index contributed by atoms with van der Waals surface area (Å²) in [4.78, 5) is 34.0. The average Bonchev–Trinajstić information content (AvgIpc) is 3.23. The zero-order chi connectivity index (χ0) is 30.9. The summed E-state index contributed by atoms with van der Waals surface area (Å²) >= 11 is 0. The number of aromatic nitrogens is 3. The molecule has 43 heavy (non-hydrogen) atoms. The molecule has 0 spiro atoms. The minimum Gasteiger partial charge on any atom is -0.494 e. The lowest BCUT2D eigenvalue weighted by Gasteiger charge is -2.35. The van der Waals surface area contributed by atoms with Crippen molar-refractivity contribution in [3.05, 3.63) is 47.4 Å². The first-order valence-corrected chi connectivity index (χ1v) is 14.5. The number of fused-ring (bicyclic) bond motifs is 1. The van der Waals surface area contributed by atoms with Crippen LogP contribution in [0.2, 0.25) is 0 Å². The van der Waals surface area contributed by atoms with E-state index < -0.39 is 5.97 Å². The molecule has 0 saturated carbocycles. The number of carbonyl (C=O) groups excluding carboxylic acids is 1. The van der Waals surface area contributed by atoms with Gasteiger partial charge < -0.3 is 35.2 Å². The minimum atomic E-state index is -0.498. The molecule has 3 N–H and O–H groups in total. The van der Waals surface area contributed by atoms with Crippen LogP contribution in [0.25, 0.3) is 0 Å². The number of ether oxygens (including phenoxy) is 2. The number of hydrogen-bond acceptors (Lipinski definition) is 11. The Bertz CT molecular complexity index is 1590. The molecule has 0 bridgehead atoms. The van der Waals surface area contributed by atoms with Gasteiger partial charge in [0.15, 0.2) is 5.82 Å². The van der Waals surface area contributed by atoms with Gasteiger partial charge in [0.25, 0.3) is 0 Å². The lowest BCUT2D eigenvalue weighted by Crippen LogP contribution is -2.44. The second-order valence-electron chi connectivity index (χ2n) is 11.8. The van der Waals surface area contributed by atoms with Crippen LogP contribution in [0.1, 0.15) is 56.4 Å². The molecule has 3 aromatic rings. The molecule has 0 unspecified atom stereocenters. The highest BCUT2D eigenvalue weighted by molar-refractivity contribution is 5.96. The lowest BCUT2D eigenvalue weighted by molar-refractivity contribution is 0.0378. The van der Waals surface area contributed by atoms with Crippen LogP contribution in [-0.4, -0.2) is 78.8 Å². The second-order valence-corrected chi connectivity index (χ2v) is 11.8. The lowest BCUT2D eigenvalue weighted by atomic mass is 9.91. The molecule has 2 aliphatic rings. The molecule has 4 heterocycles. The van der Waals surface area contributed by atoms with Gasteiger partial charge in [-0.25, -0.2) is 14.8 Å². The molecule has 0 amide bonds. The number of esters is 1. The van der Waals surface area contributed by atoms with E-state index in [4.69, 9.17) is 25.2 Å². The summed E-state index contributed by atoms with van der Waals surface area (Å²) in [5.41, 5.74) is 11.1. The van der Waals surface area contributed by atoms with Crippen molar-refractivity contribution in [1.82, 2.24) is 19.9 Å².